The molecule has 3 rings (SSSR count). The third-order valence-electron chi connectivity index (χ3n) is 5.26. The summed E-state index contributed by atoms with van der Waals surface area (Å²) in [7, 11) is 0. The molecule has 0 unspecified atom stereocenters. The Labute approximate surface area is 150 Å². The SMILES string of the molecule is CCN(Cc1ccccc1-c1nc(C)cc(=O)[nH]1)C1CCCCCC1. The quantitative estimate of drug-likeness (QED) is 0.827. The van der Waals surface area contributed by atoms with Crippen LogP contribution in [0.4, 0.5) is 0 Å². The van der Waals surface area contributed by atoms with Gasteiger partial charge in [0.1, 0.15) is 5.82 Å². The summed E-state index contributed by atoms with van der Waals surface area (Å²) in [5, 5.41) is 0. The lowest BCUT2D eigenvalue weighted by Gasteiger charge is -2.30. The highest BCUT2D eigenvalue weighted by molar-refractivity contribution is 5.60. The molecule has 1 aliphatic carbocycles. The van der Waals surface area contributed by atoms with E-state index in [4.69, 9.17) is 0 Å². The molecule has 4 nitrogen and oxygen atoms in total. The van der Waals surface area contributed by atoms with Crippen molar-refractivity contribution in [2.24, 2.45) is 0 Å². The molecule has 0 amide bonds. The highest BCUT2D eigenvalue weighted by Gasteiger charge is 2.20. The first-order valence-electron chi connectivity index (χ1n) is 9.57. The second-order valence-electron chi connectivity index (χ2n) is 7.10. The van der Waals surface area contributed by atoms with Crippen LogP contribution in [0.25, 0.3) is 11.4 Å². The van der Waals surface area contributed by atoms with E-state index in [1.807, 2.05) is 13.0 Å². The Kier molecular flexibility index (Phi) is 6.03. The molecule has 0 atom stereocenters. The summed E-state index contributed by atoms with van der Waals surface area (Å²) >= 11 is 0. The predicted octanol–water partition coefficient (Wildman–Crippen LogP) is 4.29. The first-order chi connectivity index (χ1) is 12.2. The molecule has 0 saturated heterocycles. The third-order valence-corrected chi connectivity index (χ3v) is 5.26. The molecular weight excluding hydrogens is 310 g/mol. The van der Waals surface area contributed by atoms with Gasteiger partial charge in [0.25, 0.3) is 5.56 Å². The Morgan fingerprint density at radius 2 is 1.88 bits per heavy atom. The van der Waals surface area contributed by atoms with Gasteiger partial charge < -0.3 is 4.98 Å². The Bertz CT molecular complexity index is 745. The summed E-state index contributed by atoms with van der Waals surface area (Å²) < 4.78 is 0. The van der Waals surface area contributed by atoms with Crippen molar-refractivity contribution in [1.82, 2.24) is 14.9 Å². The number of aromatic amines is 1. The van der Waals surface area contributed by atoms with Crippen LogP contribution >= 0.6 is 0 Å². The van der Waals surface area contributed by atoms with Gasteiger partial charge in [-0.3, -0.25) is 9.69 Å². The summed E-state index contributed by atoms with van der Waals surface area (Å²) in [4.78, 5) is 21.9. The van der Waals surface area contributed by atoms with Gasteiger partial charge in [-0.15, -0.1) is 0 Å². The summed E-state index contributed by atoms with van der Waals surface area (Å²) in [6, 6.07) is 10.5. The van der Waals surface area contributed by atoms with Gasteiger partial charge in [-0.05, 0) is 31.9 Å². The zero-order chi connectivity index (χ0) is 17.6. The van der Waals surface area contributed by atoms with Crippen LogP contribution in [-0.2, 0) is 6.54 Å². The Hall–Kier alpha value is -1.94. The zero-order valence-corrected chi connectivity index (χ0v) is 15.4. The minimum Gasteiger partial charge on any atom is -0.307 e. The number of nitrogens with zero attached hydrogens (tertiary/aromatic N) is 2. The van der Waals surface area contributed by atoms with E-state index in [2.05, 4.69) is 40.0 Å². The second kappa shape index (κ2) is 8.43. The second-order valence-corrected chi connectivity index (χ2v) is 7.10. The number of hydrogen-bond donors (Lipinski definition) is 1. The highest BCUT2D eigenvalue weighted by atomic mass is 16.1. The number of hydrogen-bond acceptors (Lipinski definition) is 3. The van der Waals surface area contributed by atoms with E-state index in [1.165, 1.54) is 50.2 Å². The van der Waals surface area contributed by atoms with Crippen molar-refractivity contribution in [3.05, 3.63) is 51.9 Å². The maximum Gasteiger partial charge on any atom is 0.251 e. The summed E-state index contributed by atoms with van der Waals surface area (Å²) in [5.74, 6) is 0.678. The van der Waals surface area contributed by atoms with Crippen molar-refractivity contribution in [2.75, 3.05) is 6.54 Å². The van der Waals surface area contributed by atoms with Gasteiger partial charge in [-0.25, -0.2) is 4.98 Å². The smallest absolute Gasteiger partial charge is 0.251 e. The molecule has 0 spiro atoms. The van der Waals surface area contributed by atoms with Crippen molar-refractivity contribution in [3.8, 4) is 11.4 Å². The molecule has 25 heavy (non-hydrogen) atoms. The Balaban J connectivity index is 1.88. The first kappa shape index (κ1) is 17.9. The van der Waals surface area contributed by atoms with Gasteiger partial charge in [0.05, 0.1) is 0 Å². The molecule has 0 radical (unpaired) electrons. The van der Waals surface area contributed by atoms with Crippen molar-refractivity contribution in [3.63, 3.8) is 0 Å². The maximum absolute atomic E-state index is 11.9. The van der Waals surface area contributed by atoms with Gasteiger partial charge in [-0.2, -0.15) is 0 Å². The van der Waals surface area contributed by atoms with E-state index in [0.717, 1.165) is 24.3 Å². The van der Waals surface area contributed by atoms with E-state index in [-0.39, 0.29) is 5.56 Å². The van der Waals surface area contributed by atoms with E-state index in [0.29, 0.717) is 11.9 Å². The lowest BCUT2D eigenvalue weighted by atomic mass is 10.0. The molecular formula is C21H29N3O. The van der Waals surface area contributed by atoms with Gasteiger partial charge in [0.2, 0.25) is 0 Å². The molecule has 0 aliphatic heterocycles. The predicted molar refractivity (Wildman–Crippen MR) is 103 cm³/mol. The van der Waals surface area contributed by atoms with Gasteiger partial charge >= 0.3 is 0 Å². The number of H-pyrrole nitrogens is 1. The monoisotopic (exact) mass is 339 g/mol. The van der Waals surface area contributed by atoms with Crippen LogP contribution in [-0.4, -0.2) is 27.5 Å². The zero-order valence-electron chi connectivity index (χ0n) is 15.4. The number of nitrogens with one attached hydrogen (secondary N) is 1. The largest absolute Gasteiger partial charge is 0.307 e. The van der Waals surface area contributed by atoms with Crippen LogP contribution in [0.15, 0.2) is 35.1 Å². The summed E-state index contributed by atoms with van der Waals surface area (Å²) in [6.45, 7) is 6.08. The van der Waals surface area contributed by atoms with Crippen LogP contribution < -0.4 is 5.56 Å². The number of aryl methyl sites for hydroxylation is 1. The van der Waals surface area contributed by atoms with Crippen molar-refractivity contribution in [2.45, 2.75) is 65.0 Å². The average Bonchev–Trinajstić information content (AvgIpc) is 2.88. The molecule has 1 aromatic carbocycles. The van der Waals surface area contributed by atoms with Gasteiger partial charge in [0, 0.05) is 29.9 Å². The van der Waals surface area contributed by atoms with E-state index < -0.39 is 0 Å². The molecule has 1 heterocycles. The van der Waals surface area contributed by atoms with Gasteiger partial charge in [-0.1, -0.05) is 56.9 Å². The van der Waals surface area contributed by atoms with Crippen LogP contribution in [0.3, 0.4) is 0 Å². The fourth-order valence-corrected chi connectivity index (χ4v) is 3.94. The highest BCUT2D eigenvalue weighted by Crippen LogP contribution is 2.26. The lowest BCUT2D eigenvalue weighted by Crippen LogP contribution is -2.34. The topological polar surface area (TPSA) is 49.0 Å². The van der Waals surface area contributed by atoms with Crippen molar-refractivity contribution in [1.29, 1.82) is 0 Å². The van der Waals surface area contributed by atoms with Crippen molar-refractivity contribution < 1.29 is 0 Å². The maximum atomic E-state index is 11.9. The molecule has 134 valence electrons. The Morgan fingerprint density at radius 1 is 1.16 bits per heavy atom. The molecule has 2 aromatic rings. The van der Waals surface area contributed by atoms with Gasteiger partial charge in [0.15, 0.2) is 0 Å². The molecule has 1 fully saturated rings. The first-order valence-corrected chi connectivity index (χ1v) is 9.57. The van der Waals surface area contributed by atoms with Crippen LogP contribution in [0.5, 0.6) is 0 Å². The molecule has 1 saturated carbocycles. The normalized spacial score (nSPS) is 16.1. The number of benzene rings is 1. The third kappa shape index (κ3) is 4.57. The van der Waals surface area contributed by atoms with Crippen LogP contribution in [0, 0.1) is 6.92 Å². The number of rotatable bonds is 5. The fraction of sp³-hybridized carbons (Fsp3) is 0.524. The standard InChI is InChI=1S/C21H29N3O/c1-3-24(18-11-6-4-5-7-12-18)15-17-10-8-9-13-19(17)21-22-16(2)14-20(25)23-21/h8-10,13-14,18H,3-7,11-12,15H2,1-2H3,(H,22,23,25). The molecule has 1 aliphatic rings. The van der Waals surface area contributed by atoms with E-state index in [9.17, 15) is 4.79 Å². The fourth-order valence-electron chi connectivity index (χ4n) is 3.94. The minimum atomic E-state index is -0.0894. The van der Waals surface area contributed by atoms with E-state index >= 15 is 0 Å². The molecule has 4 heteroatoms. The molecule has 0 bridgehead atoms. The molecule has 1 N–H and O–H groups in total. The van der Waals surface area contributed by atoms with E-state index in [1.54, 1.807) is 0 Å². The lowest BCUT2D eigenvalue weighted by molar-refractivity contribution is 0.180. The average molecular weight is 339 g/mol. The number of aromatic nitrogens is 2. The summed E-state index contributed by atoms with van der Waals surface area (Å²) in [5.41, 5.74) is 2.94. The summed E-state index contributed by atoms with van der Waals surface area (Å²) in [6.07, 6.45) is 8.04. The van der Waals surface area contributed by atoms with Crippen molar-refractivity contribution >= 4 is 0 Å². The van der Waals surface area contributed by atoms with Crippen LogP contribution in [0.1, 0.15) is 56.7 Å². The molecule has 1 aromatic heterocycles. The minimum absolute atomic E-state index is 0.0894. The van der Waals surface area contributed by atoms with Crippen LogP contribution in [0.2, 0.25) is 0 Å². The Morgan fingerprint density at radius 3 is 2.56 bits per heavy atom.